The van der Waals surface area contributed by atoms with Crippen molar-refractivity contribution in [3.63, 3.8) is 0 Å². The van der Waals surface area contributed by atoms with Gasteiger partial charge in [0.05, 0.1) is 30.5 Å². The highest BCUT2D eigenvalue weighted by molar-refractivity contribution is 5.98. The lowest BCUT2D eigenvalue weighted by atomic mass is 10.1. The van der Waals surface area contributed by atoms with Gasteiger partial charge in [-0.15, -0.1) is 0 Å². The molecule has 1 fully saturated rings. The summed E-state index contributed by atoms with van der Waals surface area (Å²) in [5.74, 6) is 0.792. The van der Waals surface area contributed by atoms with Crippen LogP contribution in [0, 0.1) is 5.92 Å². The zero-order chi connectivity index (χ0) is 26.2. The van der Waals surface area contributed by atoms with E-state index in [1.807, 2.05) is 24.3 Å². The average Bonchev–Trinajstić information content (AvgIpc) is 3.63. The van der Waals surface area contributed by atoms with E-state index in [0.29, 0.717) is 23.8 Å². The number of benzene rings is 2. The molecule has 192 valence electrons. The van der Waals surface area contributed by atoms with E-state index in [4.69, 9.17) is 15.2 Å². The maximum Gasteiger partial charge on any atom is 0.418 e. The Balaban J connectivity index is 1.45. The Bertz CT molecular complexity index is 1460. The summed E-state index contributed by atoms with van der Waals surface area (Å²) in [4.78, 5) is 16.9. The highest BCUT2D eigenvalue weighted by atomic mass is 19.4. The average molecular weight is 512 g/mol. The van der Waals surface area contributed by atoms with Crippen LogP contribution in [-0.4, -0.2) is 34.2 Å². The van der Waals surface area contributed by atoms with E-state index in [1.165, 1.54) is 19.2 Å². The number of nitrogen functional groups attached to an aromatic ring is 1. The monoisotopic (exact) mass is 511 g/mol. The number of hydrogen-bond acceptors (Lipinski definition) is 6. The summed E-state index contributed by atoms with van der Waals surface area (Å²) in [6.07, 6.45) is -1.28. The van der Waals surface area contributed by atoms with Gasteiger partial charge in [0.15, 0.2) is 5.82 Å². The Kier molecular flexibility index (Phi) is 6.36. The van der Waals surface area contributed by atoms with E-state index in [0.717, 1.165) is 35.3 Å². The number of fused-ring (bicyclic) bond motifs is 1. The number of alkyl halides is 3. The summed E-state index contributed by atoms with van der Waals surface area (Å²) >= 11 is 0. The Morgan fingerprint density at radius 2 is 1.95 bits per heavy atom. The fourth-order valence-electron chi connectivity index (χ4n) is 4.09. The maximum atomic E-state index is 13.7. The normalized spacial score (nSPS) is 13.5. The molecule has 11 heteroatoms. The molecule has 0 radical (unpaired) electrons. The number of para-hydroxylation sites is 1. The lowest BCUT2D eigenvalue weighted by Crippen LogP contribution is -2.24. The van der Waals surface area contributed by atoms with Crippen LogP contribution >= 0.6 is 0 Å². The molecule has 2 aromatic heterocycles. The molecule has 4 aromatic rings. The van der Waals surface area contributed by atoms with Gasteiger partial charge in [-0.1, -0.05) is 18.2 Å². The third kappa shape index (κ3) is 5.02. The SMILES string of the molecule is COc1ccc(-c2cc(C(F)(F)F)c3c(N)ncnn23)cc1C(=O)NCc1ccccc1OCC1CC1. The Labute approximate surface area is 210 Å². The number of aromatic nitrogens is 3. The van der Waals surface area contributed by atoms with Gasteiger partial charge in [0.2, 0.25) is 0 Å². The van der Waals surface area contributed by atoms with Crippen molar-refractivity contribution in [2.75, 3.05) is 19.5 Å². The van der Waals surface area contributed by atoms with Crippen LogP contribution in [0.1, 0.15) is 34.3 Å². The second kappa shape index (κ2) is 9.64. The molecule has 2 aromatic carbocycles. The lowest BCUT2D eigenvalue weighted by Gasteiger charge is -2.14. The predicted octanol–water partition coefficient (Wildman–Crippen LogP) is 4.72. The van der Waals surface area contributed by atoms with Gasteiger partial charge in [-0.3, -0.25) is 4.79 Å². The largest absolute Gasteiger partial charge is 0.496 e. The number of hydrogen-bond donors (Lipinski definition) is 2. The Morgan fingerprint density at radius 3 is 2.68 bits per heavy atom. The predicted molar refractivity (Wildman–Crippen MR) is 130 cm³/mol. The summed E-state index contributed by atoms with van der Waals surface area (Å²) in [7, 11) is 1.41. The van der Waals surface area contributed by atoms with Crippen LogP contribution in [0.15, 0.2) is 54.9 Å². The highest BCUT2D eigenvalue weighted by Gasteiger charge is 2.36. The van der Waals surface area contributed by atoms with Crippen molar-refractivity contribution in [2.24, 2.45) is 5.92 Å². The maximum absolute atomic E-state index is 13.7. The molecular formula is C26H24F3N5O3. The van der Waals surface area contributed by atoms with Gasteiger partial charge in [0.1, 0.15) is 23.3 Å². The molecule has 0 aliphatic heterocycles. The molecule has 2 heterocycles. The molecule has 8 nitrogen and oxygen atoms in total. The molecule has 3 N–H and O–H groups in total. The van der Waals surface area contributed by atoms with E-state index in [2.05, 4.69) is 15.4 Å². The second-order valence-electron chi connectivity index (χ2n) is 8.81. The molecule has 37 heavy (non-hydrogen) atoms. The number of carbonyl (C=O) groups is 1. The van der Waals surface area contributed by atoms with E-state index in [9.17, 15) is 18.0 Å². The van der Waals surface area contributed by atoms with Gasteiger partial charge >= 0.3 is 6.18 Å². The second-order valence-corrected chi connectivity index (χ2v) is 8.81. The number of nitrogens with one attached hydrogen (secondary N) is 1. The summed E-state index contributed by atoms with van der Waals surface area (Å²) in [6.45, 7) is 0.836. The summed E-state index contributed by atoms with van der Waals surface area (Å²) in [5.41, 5.74) is 5.82. The first-order valence-corrected chi connectivity index (χ1v) is 11.6. The number of rotatable bonds is 8. The standard InChI is InChI=1S/C26H24F3N5O3/c1-36-22-9-8-16(20-11-19(26(27,28)29)23-24(30)32-14-33-34(20)23)10-18(22)25(35)31-12-17-4-2-3-5-21(17)37-13-15-6-7-15/h2-5,8-11,14-15H,6-7,12-13H2,1H3,(H,31,35)(H2,30,32,33). The molecule has 0 spiro atoms. The molecule has 5 rings (SSSR count). The number of halogens is 3. The Morgan fingerprint density at radius 1 is 1.16 bits per heavy atom. The lowest BCUT2D eigenvalue weighted by molar-refractivity contribution is -0.136. The molecule has 0 bridgehead atoms. The number of amides is 1. The van der Waals surface area contributed by atoms with Crippen molar-refractivity contribution in [2.45, 2.75) is 25.6 Å². The van der Waals surface area contributed by atoms with Crippen LogP contribution < -0.4 is 20.5 Å². The molecule has 0 saturated heterocycles. The van der Waals surface area contributed by atoms with E-state index < -0.39 is 17.6 Å². The number of anilines is 1. The van der Waals surface area contributed by atoms with Crippen molar-refractivity contribution < 1.29 is 27.4 Å². The topological polar surface area (TPSA) is 104 Å². The van der Waals surface area contributed by atoms with Gasteiger partial charge < -0.3 is 20.5 Å². The van der Waals surface area contributed by atoms with Crippen molar-refractivity contribution in [1.29, 1.82) is 0 Å². The number of carbonyl (C=O) groups excluding carboxylic acids is 1. The first-order chi connectivity index (χ1) is 17.8. The Hall–Kier alpha value is -4.28. The molecule has 1 amide bonds. The molecule has 0 unspecified atom stereocenters. The van der Waals surface area contributed by atoms with E-state index in [1.54, 1.807) is 6.07 Å². The van der Waals surface area contributed by atoms with Crippen molar-refractivity contribution in [1.82, 2.24) is 19.9 Å². The number of ether oxygens (including phenoxy) is 2. The fraction of sp³-hybridized carbons (Fsp3) is 0.269. The molecule has 0 atom stereocenters. The van der Waals surface area contributed by atoms with Crippen LogP contribution in [-0.2, 0) is 12.7 Å². The molecule has 1 aliphatic carbocycles. The summed E-state index contributed by atoms with van der Waals surface area (Å²) in [6, 6.07) is 12.9. The van der Waals surface area contributed by atoms with E-state index >= 15 is 0 Å². The molecule has 1 saturated carbocycles. The highest BCUT2D eigenvalue weighted by Crippen LogP contribution is 2.39. The third-order valence-electron chi connectivity index (χ3n) is 6.21. The minimum absolute atomic E-state index is 0.104. The number of nitrogens with zero attached hydrogens (tertiary/aromatic N) is 3. The van der Waals surface area contributed by atoms with Gasteiger partial charge in [0, 0.05) is 17.7 Å². The first-order valence-electron chi connectivity index (χ1n) is 11.6. The van der Waals surface area contributed by atoms with Crippen molar-refractivity contribution in [3.8, 4) is 22.8 Å². The molecular weight excluding hydrogens is 487 g/mol. The smallest absolute Gasteiger partial charge is 0.418 e. The van der Waals surface area contributed by atoms with Crippen LogP contribution in [0.4, 0.5) is 19.0 Å². The van der Waals surface area contributed by atoms with Crippen LogP contribution in [0.3, 0.4) is 0 Å². The van der Waals surface area contributed by atoms with Gasteiger partial charge in [-0.05, 0) is 49.1 Å². The van der Waals surface area contributed by atoms with E-state index in [-0.39, 0.29) is 34.9 Å². The van der Waals surface area contributed by atoms with Gasteiger partial charge in [-0.25, -0.2) is 9.50 Å². The fourth-order valence-corrected chi connectivity index (χ4v) is 4.09. The van der Waals surface area contributed by atoms with Gasteiger partial charge in [0.25, 0.3) is 5.91 Å². The van der Waals surface area contributed by atoms with Gasteiger partial charge in [-0.2, -0.15) is 18.3 Å². The van der Waals surface area contributed by atoms with Crippen molar-refractivity contribution in [3.05, 3.63) is 71.5 Å². The van der Waals surface area contributed by atoms with Crippen LogP contribution in [0.2, 0.25) is 0 Å². The first kappa shape index (κ1) is 24.4. The summed E-state index contributed by atoms with van der Waals surface area (Å²) < 4.78 is 53.5. The van der Waals surface area contributed by atoms with Crippen molar-refractivity contribution >= 4 is 17.2 Å². The molecule has 1 aliphatic rings. The minimum Gasteiger partial charge on any atom is -0.496 e. The zero-order valence-corrected chi connectivity index (χ0v) is 19.9. The zero-order valence-electron chi connectivity index (χ0n) is 19.9. The third-order valence-corrected chi connectivity index (χ3v) is 6.21. The van der Waals surface area contributed by atoms with Crippen LogP contribution in [0.5, 0.6) is 11.5 Å². The van der Waals surface area contributed by atoms with Crippen LogP contribution in [0.25, 0.3) is 16.8 Å². The number of nitrogens with two attached hydrogens (primary N) is 1. The summed E-state index contributed by atoms with van der Waals surface area (Å²) in [5, 5.41) is 6.83. The number of methoxy groups -OCH3 is 1. The minimum atomic E-state index is -4.68. The quantitative estimate of drug-likeness (QED) is 0.355.